The number of aromatic hydroxyl groups is 1. The lowest BCUT2D eigenvalue weighted by Gasteiger charge is -2.09. The number of benzene rings is 1. The molecule has 0 bridgehead atoms. The van der Waals surface area contributed by atoms with Gasteiger partial charge in [-0.15, -0.1) is 0 Å². The summed E-state index contributed by atoms with van der Waals surface area (Å²) in [4.78, 5) is 14.1. The summed E-state index contributed by atoms with van der Waals surface area (Å²) < 4.78 is 1.04. The molecule has 2 rings (SSSR count). The van der Waals surface area contributed by atoms with Crippen molar-refractivity contribution >= 4 is 67.8 Å². The highest BCUT2D eigenvalue weighted by Gasteiger charge is 2.30. The monoisotopic (exact) mass is 377 g/mol. The summed E-state index contributed by atoms with van der Waals surface area (Å²) in [6.07, 6.45) is 1.71. The highest BCUT2D eigenvalue weighted by Crippen LogP contribution is 2.36. The molecule has 0 saturated carbocycles. The fourth-order valence-corrected chi connectivity index (χ4v) is 3.80. The summed E-state index contributed by atoms with van der Waals surface area (Å²) in [5.74, 6) is -0.113. The Hall–Kier alpha value is -0.560. The van der Waals surface area contributed by atoms with Crippen molar-refractivity contribution in [3.8, 4) is 5.75 Å². The number of halogens is 2. The molecule has 7 heteroatoms. The molecule has 0 aromatic heterocycles. The summed E-state index contributed by atoms with van der Waals surface area (Å²) in [5.41, 5.74) is 0.728. The lowest BCUT2D eigenvalue weighted by Crippen LogP contribution is -2.27. The van der Waals surface area contributed by atoms with E-state index in [1.54, 1.807) is 23.1 Å². The van der Waals surface area contributed by atoms with Crippen LogP contribution in [0.15, 0.2) is 21.5 Å². The largest absolute Gasteiger partial charge is 0.505 e. The van der Waals surface area contributed by atoms with Crippen molar-refractivity contribution in [1.82, 2.24) is 4.90 Å². The van der Waals surface area contributed by atoms with Gasteiger partial charge in [0.05, 0.1) is 14.4 Å². The number of hydrogen-bond donors (Lipinski definition) is 1. The van der Waals surface area contributed by atoms with Crippen LogP contribution >= 0.6 is 51.5 Å². The van der Waals surface area contributed by atoms with Crippen LogP contribution in [0, 0.1) is 0 Å². The molecular formula is C12H9BrClNO2S2. The SMILES string of the molecule is CCN1C(=O)/C(=C/c2cc(Cl)c(O)c(Br)c2)SC1=S. The Labute approximate surface area is 133 Å². The average Bonchev–Trinajstić information content (AvgIpc) is 2.61. The first-order valence-corrected chi connectivity index (χ1v) is 7.77. The van der Waals surface area contributed by atoms with Gasteiger partial charge in [0, 0.05) is 6.54 Å². The predicted molar refractivity (Wildman–Crippen MR) is 86.4 cm³/mol. The third-order valence-corrected chi connectivity index (χ3v) is 4.80. The molecule has 1 heterocycles. The lowest BCUT2D eigenvalue weighted by molar-refractivity contribution is -0.121. The van der Waals surface area contributed by atoms with E-state index in [0.29, 0.717) is 20.2 Å². The van der Waals surface area contributed by atoms with E-state index in [9.17, 15) is 9.90 Å². The van der Waals surface area contributed by atoms with Crippen LogP contribution in [0.5, 0.6) is 5.75 Å². The first-order chi connectivity index (χ1) is 8.93. The van der Waals surface area contributed by atoms with Crippen molar-refractivity contribution in [1.29, 1.82) is 0 Å². The minimum Gasteiger partial charge on any atom is -0.505 e. The van der Waals surface area contributed by atoms with Gasteiger partial charge in [0.15, 0.2) is 0 Å². The zero-order chi connectivity index (χ0) is 14.2. The minimum absolute atomic E-state index is 0.0140. The highest BCUT2D eigenvalue weighted by molar-refractivity contribution is 9.10. The standard InChI is InChI=1S/C12H9BrClNO2S2/c1-2-15-11(17)9(19-12(15)18)5-6-3-7(13)10(16)8(14)4-6/h3-5,16H,2H2,1H3/b9-5-. The van der Waals surface area contributed by atoms with Gasteiger partial charge in [0.1, 0.15) is 10.1 Å². The van der Waals surface area contributed by atoms with Gasteiger partial charge >= 0.3 is 0 Å². The molecule has 1 aromatic carbocycles. The van der Waals surface area contributed by atoms with E-state index >= 15 is 0 Å². The minimum atomic E-state index is -0.0992. The van der Waals surface area contributed by atoms with Gasteiger partial charge in [-0.2, -0.15) is 0 Å². The Balaban J connectivity index is 2.38. The third-order valence-electron chi connectivity index (χ3n) is 2.53. The summed E-state index contributed by atoms with van der Waals surface area (Å²) in [7, 11) is 0. The first kappa shape index (κ1) is 14.8. The van der Waals surface area contributed by atoms with Crippen molar-refractivity contribution < 1.29 is 9.90 Å². The Morgan fingerprint density at radius 2 is 2.26 bits per heavy atom. The second-order valence-corrected chi connectivity index (χ2v) is 6.70. The Kier molecular flexibility index (Phi) is 4.55. The first-order valence-electron chi connectivity index (χ1n) is 5.37. The van der Waals surface area contributed by atoms with Crippen LogP contribution in [0.2, 0.25) is 5.02 Å². The van der Waals surface area contributed by atoms with Gasteiger partial charge in [-0.1, -0.05) is 35.6 Å². The summed E-state index contributed by atoms with van der Waals surface area (Å²) in [6.45, 7) is 2.43. The molecule has 0 aliphatic carbocycles. The summed E-state index contributed by atoms with van der Waals surface area (Å²) in [5, 5.41) is 9.79. The number of likely N-dealkylation sites (N-methyl/N-ethyl adjacent to an activating group) is 1. The maximum absolute atomic E-state index is 12.0. The Morgan fingerprint density at radius 1 is 1.58 bits per heavy atom. The van der Waals surface area contributed by atoms with E-state index in [4.69, 9.17) is 23.8 Å². The number of thioether (sulfide) groups is 1. The van der Waals surface area contributed by atoms with Gasteiger partial charge < -0.3 is 5.11 Å². The Bertz CT molecular complexity index is 580. The average molecular weight is 379 g/mol. The van der Waals surface area contributed by atoms with Crippen LogP contribution in [-0.4, -0.2) is 26.8 Å². The molecule has 1 saturated heterocycles. The van der Waals surface area contributed by atoms with Crippen LogP contribution in [0.25, 0.3) is 6.08 Å². The fourth-order valence-electron chi connectivity index (χ4n) is 1.59. The van der Waals surface area contributed by atoms with E-state index in [2.05, 4.69) is 15.9 Å². The second kappa shape index (κ2) is 5.83. The van der Waals surface area contributed by atoms with E-state index < -0.39 is 0 Å². The van der Waals surface area contributed by atoms with Crippen LogP contribution in [-0.2, 0) is 4.79 Å². The number of amides is 1. The van der Waals surface area contributed by atoms with Gasteiger partial charge in [-0.3, -0.25) is 9.69 Å². The molecule has 3 nitrogen and oxygen atoms in total. The Morgan fingerprint density at radius 3 is 2.79 bits per heavy atom. The molecular weight excluding hydrogens is 370 g/mol. The summed E-state index contributed by atoms with van der Waals surface area (Å²) >= 11 is 15.5. The molecule has 0 spiro atoms. The van der Waals surface area contributed by atoms with Crippen LogP contribution in [0.3, 0.4) is 0 Å². The van der Waals surface area contributed by atoms with E-state index in [1.165, 1.54) is 11.8 Å². The maximum Gasteiger partial charge on any atom is 0.266 e. The van der Waals surface area contributed by atoms with Crippen LogP contribution in [0.4, 0.5) is 0 Å². The normalized spacial score (nSPS) is 17.6. The molecule has 1 aromatic rings. The third kappa shape index (κ3) is 2.97. The van der Waals surface area contributed by atoms with E-state index in [1.807, 2.05) is 6.92 Å². The van der Waals surface area contributed by atoms with Gasteiger partial charge in [-0.05, 0) is 46.6 Å². The number of phenols is 1. The predicted octanol–water partition coefficient (Wildman–Crippen LogP) is 4.03. The number of thiocarbonyl (C=S) groups is 1. The molecule has 100 valence electrons. The topological polar surface area (TPSA) is 40.5 Å². The second-order valence-electron chi connectivity index (χ2n) is 3.76. The number of carbonyl (C=O) groups excluding carboxylic acids is 1. The van der Waals surface area contributed by atoms with Crippen molar-refractivity contribution in [2.45, 2.75) is 6.92 Å². The smallest absolute Gasteiger partial charge is 0.266 e. The molecule has 0 atom stereocenters. The molecule has 1 aliphatic rings. The molecule has 19 heavy (non-hydrogen) atoms. The zero-order valence-electron chi connectivity index (χ0n) is 9.81. The maximum atomic E-state index is 12.0. The molecule has 1 N–H and O–H groups in total. The van der Waals surface area contributed by atoms with Crippen molar-refractivity contribution in [3.05, 3.63) is 32.1 Å². The lowest BCUT2D eigenvalue weighted by atomic mass is 10.2. The van der Waals surface area contributed by atoms with Gasteiger partial charge in [-0.25, -0.2) is 0 Å². The number of carbonyl (C=O) groups is 1. The highest BCUT2D eigenvalue weighted by atomic mass is 79.9. The van der Waals surface area contributed by atoms with Crippen LogP contribution in [0.1, 0.15) is 12.5 Å². The molecule has 1 aliphatic heterocycles. The number of phenolic OH excluding ortho intramolecular Hbond substituents is 1. The number of rotatable bonds is 2. The summed E-state index contributed by atoms with van der Waals surface area (Å²) in [6, 6.07) is 3.29. The molecule has 1 amide bonds. The zero-order valence-corrected chi connectivity index (χ0v) is 13.8. The van der Waals surface area contributed by atoms with E-state index in [-0.39, 0.29) is 16.7 Å². The fraction of sp³-hybridized carbons (Fsp3) is 0.167. The van der Waals surface area contributed by atoms with Crippen LogP contribution < -0.4 is 0 Å². The molecule has 1 fully saturated rings. The van der Waals surface area contributed by atoms with Gasteiger partial charge in [0.25, 0.3) is 5.91 Å². The van der Waals surface area contributed by atoms with Crippen molar-refractivity contribution in [2.75, 3.05) is 6.54 Å². The van der Waals surface area contributed by atoms with Gasteiger partial charge in [0.2, 0.25) is 0 Å². The van der Waals surface area contributed by atoms with Crippen molar-refractivity contribution in [3.63, 3.8) is 0 Å². The quantitative estimate of drug-likeness (QED) is 0.623. The number of hydrogen-bond acceptors (Lipinski definition) is 4. The molecule has 0 radical (unpaired) electrons. The van der Waals surface area contributed by atoms with E-state index in [0.717, 1.165) is 5.56 Å². The number of nitrogens with zero attached hydrogens (tertiary/aromatic N) is 1. The van der Waals surface area contributed by atoms with Crippen molar-refractivity contribution in [2.24, 2.45) is 0 Å². The molecule has 0 unspecified atom stereocenters.